The van der Waals surface area contributed by atoms with Crippen molar-refractivity contribution in [3.63, 3.8) is 0 Å². The van der Waals surface area contributed by atoms with Gasteiger partial charge in [-0.3, -0.25) is 9.36 Å². The molecule has 0 bridgehead atoms. The molecular weight excluding hydrogens is 327 g/mol. The lowest BCUT2D eigenvalue weighted by atomic mass is 10.1. The number of ether oxygens (including phenoxy) is 2. The number of hydrogen-bond donors (Lipinski definition) is 2. The third-order valence-electron chi connectivity index (χ3n) is 3.32. The lowest BCUT2D eigenvalue weighted by Crippen LogP contribution is -2.37. The molecule has 0 saturated carbocycles. The van der Waals surface area contributed by atoms with Gasteiger partial charge in [-0.05, 0) is 11.6 Å². The normalized spacial score (nSPS) is 25.9. The fourth-order valence-electron chi connectivity index (χ4n) is 2.22. The summed E-state index contributed by atoms with van der Waals surface area (Å²) in [4.78, 5) is 29.3. The molecule has 24 heavy (non-hydrogen) atoms. The van der Waals surface area contributed by atoms with Crippen LogP contribution in [0.15, 0.2) is 22.2 Å². The standard InChI is InChI=1S/C12H15FN6O5/c13-9-10(24-8(21)1-3-16-18-15)6(5-20)23-11(9)19-4-2-7(14)17-12(19)22/h2,4,6,9-11,20H,1,3,5H2,(H2,14,17,22)/t6-,9?,10?,11-/m1/s1. The minimum Gasteiger partial charge on any atom is -0.456 e. The van der Waals surface area contributed by atoms with Gasteiger partial charge in [-0.1, -0.05) is 5.11 Å². The summed E-state index contributed by atoms with van der Waals surface area (Å²) in [5, 5.41) is 12.5. The molecule has 3 N–H and O–H groups in total. The number of nitrogens with zero attached hydrogens (tertiary/aromatic N) is 5. The van der Waals surface area contributed by atoms with Crippen LogP contribution in [0.1, 0.15) is 12.6 Å². The van der Waals surface area contributed by atoms with Crippen LogP contribution in [0.25, 0.3) is 10.4 Å². The van der Waals surface area contributed by atoms with Crippen LogP contribution in [-0.2, 0) is 14.3 Å². The van der Waals surface area contributed by atoms with Crippen molar-refractivity contribution < 1.29 is 23.8 Å². The maximum atomic E-state index is 14.6. The molecule has 2 unspecified atom stereocenters. The largest absolute Gasteiger partial charge is 0.456 e. The molecule has 0 aromatic carbocycles. The molecule has 1 aliphatic rings. The average molecular weight is 342 g/mol. The number of esters is 1. The first-order valence-electron chi connectivity index (χ1n) is 6.93. The Balaban J connectivity index is 2.13. The van der Waals surface area contributed by atoms with Gasteiger partial charge in [-0.25, -0.2) is 9.18 Å². The molecule has 0 aliphatic carbocycles. The lowest BCUT2D eigenvalue weighted by Gasteiger charge is -2.18. The second kappa shape index (κ2) is 7.73. The number of azide groups is 1. The topological polar surface area (TPSA) is 165 Å². The van der Waals surface area contributed by atoms with Crippen molar-refractivity contribution >= 4 is 11.8 Å². The van der Waals surface area contributed by atoms with Crippen LogP contribution in [0, 0.1) is 0 Å². The Hall–Kier alpha value is -2.69. The summed E-state index contributed by atoms with van der Waals surface area (Å²) >= 11 is 0. The van der Waals surface area contributed by atoms with E-state index in [0.29, 0.717) is 0 Å². The first kappa shape index (κ1) is 17.7. The quantitative estimate of drug-likeness (QED) is 0.309. The van der Waals surface area contributed by atoms with Gasteiger partial charge in [0.15, 0.2) is 18.5 Å². The highest BCUT2D eigenvalue weighted by atomic mass is 19.1. The minimum absolute atomic E-state index is 0.0376. The van der Waals surface area contributed by atoms with E-state index in [-0.39, 0.29) is 18.8 Å². The van der Waals surface area contributed by atoms with E-state index in [4.69, 9.17) is 20.7 Å². The maximum Gasteiger partial charge on any atom is 0.351 e. The van der Waals surface area contributed by atoms with E-state index in [0.717, 1.165) is 4.57 Å². The molecule has 2 heterocycles. The third-order valence-corrected chi connectivity index (χ3v) is 3.32. The van der Waals surface area contributed by atoms with E-state index in [1.807, 2.05) is 0 Å². The Morgan fingerprint density at radius 3 is 3.04 bits per heavy atom. The highest BCUT2D eigenvalue weighted by molar-refractivity contribution is 5.70. The highest BCUT2D eigenvalue weighted by Crippen LogP contribution is 2.33. The van der Waals surface area contributed by atoms with E-state index >= 15 is 0 Å². The van der Waals surface area contributed by atoms with E-state index in [9.17, 15) is 19.1 Å². The summed E-state index contributed by atoms with van der Waals surface area (Å²) in [5.74, 6) is -0.857. The summed E-state index contributed by atoms with van der Waals surface area (Å²) in [6.07, 6.45) is -4.95. The number of halogens is 1. The SMILES string of the molecule is [N-]=[N+]=NCCC(=O)OC1C(F)[C@H](n2ccc(N)nc2=O)O[C@@H]1CO. The van der Waals surface area contributed by atoms with Gasteiger partial charge in [0.25, 0.3) is 0 Å². The summed E-state index contributed by atoms with van der Waals surface area (Å²) < 4.78 is 25.7. The molecule has 4 atom stereocenters. The smallest absolute Gasteiger partial charge is 0.351 e. The molecule has 1 saturated heterocycles. The Morgan fingerprint density at radius 2 is 2.42 bits per heavy atom. The van der Waals surface area contributed by atoms with Crippen LogP contribution >= 0.6 is 0 Å². The zero-order chi connectivity index (χ0) is 17.7. The van der Waals surface area contributed by atoms with Gasteiger partial charge in [0.05, 0.1) is 13.0 Å². The number of aliphatic hydroxyl groups excluding tert-OH is 1. The van der Waals surface area contributed by atoms with Crippen molar-refractivity contribution in [2.45, 2.75) is 31.0 Å². The van der Waals surface area contributed by atoms with Crippen molar-refractivity contribution in [3.8, 4) is 0 Å². The zero-order valence-corrected chi connectivity index (χ0v) is 12.4. The first-order valence-corrected chi connectivity index (χ1v) is 6.93. The summed E-state index contributed by atoms with van der Waals surface area (Å²) in [5.41, 5.74) is 12.7. The molecule has 2 rings (SSSR count). The Labute approximate surface area is 134 Å². The molecule has 130 valence electrons. The molecule has 0 radical (unpaired) electrons. The summed E-state index contributed by atoms with van der Waals surface area (Å²) in [6, 6.07) is 1.28. The number of nitrogen functional groups attached to an aromatic ring is 1. The highest BCUT2D eigenvalue weighted by Gasteiger charge is 2.48. The van der Waals surface area contributed by atoms with Gasteiger partial charge in [-0.2, -0.15) is 4.98 Å². The lowest BCUT2D eigenvalue weighted by molar-refractivity contribution is -0.154. The van der Waals surface area contributed by atoms with E-state index in [2.05, 4.69) is 15.0 Å². The second-order valence-electron chi connectivity index (χ2n) is 4.89. The van der Waals surface area contributed by atoms with Crippen LogP contribution in [0.2, 0.25) is 0 Å². The Morgan fingerprint density at radius 1 is 1.67 bits per heavy atom. The van der Waals surface area contributed by atoms with Crippen LogP contribution in [0.3, 0.4) is 0 Å². The molecular formula is C12H15FN6O5. The monoisotopic (exact) mass is 342 g/mol. The number of rotatable bonds is 6. The number of hydrogen-bond acceptors (Lipinski definition) is 8. The Kier molecular flexibility index (Phi) is 5.68. The minimum atomic E-state index is -1.91. The zero-order valence-electron chi connectivity index (χ0n) is 12.4. The van der Waals surface area contributed by atoms with Gasteiger partial charge < -0.3 is 20.3 Å². The number of nitrogens with two attached hydrogens (primary N) is 1. The van der Waals surface area contributed by atoms with Crippen molar-refractivity contribution in [2.75, 3.05) is 18.9 Å². The Bertz CT molecular complexity index is 705. The number of alkyl halides is 1. The van der Waals surface area contributed by atoms with Crippen molar-refractivity contribution in [3.05, 3.63) is 33.2 Å². The van der Waals surface area contributed by atoms with Crippen LogP contribution in [0.4, 0.5) is 10.2 Å². The van der Waals surface area contributed by atoms with Crippen LogP contribution in [0.5, 0.6) is 0 Å². The van der Waals surface area contributed by atoms with E-state index in [1.54, 1.807) is 0 Å². The molecule has 0 amide bonds. The van der Waals surface area contributed by atoms with Crippen molar-refractivity contribution in [1.82, 2.24) is 9.55 Å². The van der Waals surface area contributed by atoms with Gasteiger partial charge in [0.1, 0.15) is 11.9 Å². The van der Waals surface area contributed by atoms with Crippen molar-refractivity contribution in [1.29, 1.82) is 0 Å². The third kappa shape index (κ3) is 3.79. The second-order valence-corrected chi connectivity index (χ2v) is 4.89. The average Bonchev–Trinajstić information content (AvgIpc) is 2.84. The van der Waals surface area contributed by atoms with Crippen molar-refractivity contribution in [2.24, 2.45) is 5.11 Å². The van der Waals surface area contributed by atoms with Crippen LogP contribution < -0.4 is 11.4 Å². The number of aliphatic hydroxyl groups is 1. The molecule has 1 aromatic heterocycles. The maximum absolute atomic E-state index is 14.6. The van der Waals surface area contributed by atoms with E-state index in [1.165, 1.54) is 12.3 Å². The predicted molar refractivity (Wildman–Crippen MR) is 77.3 cm³/mol. The summed E-state index contributed by atoms with van der Waals surface area (Å²) in [7, 11) is 0. The first-order chi connectivity index (χ1) is 11.5. The number of anilines is 1. The number of carbonyl (C=O) groups excluding carboxylic acids is 1. The van der Waals surface area contributed by atoms with E-state index < -0.39 is 42.9 Å². The molecule has 1 aliphatic heterocycles. The molecule has 1 fully saturated rings. The number of aromatic nitrogens is 2. The summed E-state index contributed by atoms with van der Waals surface area (Å²) in [6.45, 7) is -0.767. The fraction of sp³-hybridized carbons (Fsp3) is 0.583. The van der Waals surface area contributed by atoms with Gasteiger partial charge >= 0.3 is 11.7 Å². The molecule has 12 heteroatoms. The van der Waals surface area contributed by atoms with Crippen LogP contribution in [-0.4, -0.2) is 52.2 Å². The molecule has 1 aromatic rings. The number of carbonyl (C=O) groups is 1. The molecule has 11 nitrogen and oxygen atoms in total. The van der Waals surface area contributed by atoms with Gasteiger partial charge in [-0.15, -0.1) is 0 Å². The fourth-order valence-corrected chi connectivity index (χ4v) is 2.22. The predicted octanol–water partition coefficient (Wildman–Crippen LogP) is -0.335. The molecule has 0 spiro atoms. The van der Waals surface area contributed by atoms with Gasteiger partial charge in [0, 0.05) is 17.7 Å². The van der Waals surface area contributed by atoms with Gasteiger partial charge in [0.2, 0.25) is 0 Å².